The molecule has 0 fully saturated rings. The van der Waals surface area contributed by atoms with Gasteiger partial charge in [-0.05, 0) is 23.8 Å². The predicted molar refractivity (Wildman–Crippen MR) is 63.3 cm³/mol. The number of aryl methyl sites for hydroxylation is 1. The molecule has 96 valence electrons. The second-order valence-electron chi connectivity index (χ2n) is 4.11. The lowest BCUT2D eigenvalue weighted by Gasteiger charge is -2.15. The van der Waals surface area contributed by atoms with E-state index in [9.17, 15) is 8.78 Å². The summed E-state index contributed by atoms with van der Waals surface area (Å²) in [7, 11) is 1.80. The first-order valence-corrected chi connectivity index (χ1v) is 5.49. The van der Waals surface area contributed by atoms with Gasteiger partial charge in [0, 0.05) is 25.7 Å². The van der Waals surface area contributed by atoms with Crippen molar-refractivity contribution >= 4 is 0 Å². The smallest absolute Gasteiger partial charge is 0.126 e. The van der Waals surface area contributed by atoms with Gasteiger partial charge in [0.2, 0.25) is 0 Å². The summed E-state index contributed by atoms with van der Waals surface area (Å²) in [5, 5.41) is 4.20. The highest BCUT2D eigenvalue weighted by Crippen LogP contribution is 2.19. The van der Waals surface area contributed by atoms with Gasteiger partial charge in [-0.1, -0.05) is 0 Å². The standard InChI is InChI=1S/C12H14F2N4/c1-18-3-2-11(17-18)7-12(16-15)8-4-9(13)6-10(14)5-8/h2-6,12,16H,7,15H2,1H3. The number of rotatable bonds is 4. The monoisotopic (exact) mass is 252 g/mol. The molecule has 0 aliphatic carbocycles. The summed E-state index contributed by atoms with van der Waals surface area (Å²) in [6.45, 7) is 0. The van der Waals surface area contributed by atoms with Gasteiger partial charge in [-0.2, -0.15) is 5.10 Å². The highest BCUT2D eigenvalue weighted by atomic mass is 19.1. The molecule has 0 amide bonds. The zero-order valence-electron chi connectivity index (χ0n) is 9.90. The summed E-state index contributed by atoms with van der Waals surface area (Å²) < 4.78 is 27.9. The maximum Gasteiger partial charge on any atom is 0.126 e. The summed E-state index contributed by atoms with van der Waals surface area (Å²) in [4.78, 5) is 0. The molecule has 0 bridgehead atoms. The Kier molecular flexibility index (Phi) is 3.69. The van der Waals surface area contributed by atoms with Crippen molar-refractivity contribution in [1.29, 1.82) is 0 Å². The molecular weight excluding hydrogens is 238 g/mol. The molecule has 0 spiro atoms. The van der Waals surface area contributed by atoms with Crippen molar-refractivity contribution in [1.82, 2.24) is 15.2 Å². The van der Waals surface area contributed by atoms with E-state index in [0.717, 1.165) is 11.8 Å². The Labute approximate surface area is 103 Å². The summed E-state index contributed by atoms with van der Waals surface area (Å²) >= 11 is 0. The third-order valence-corrected chi connectivity index (χ3v) is 2.67. The van der Waals surface area contributed by atoms with E-state index in [4.69, 9.17) is 5.84 Å². The van der Waals surface area contributed by atoms with Crippen LogP contribution in [0.4, 0.5) is 8.78 Å². The average molecular weight is 252 g/mol. The second-order valence-corrected chi connectivity index (χ2v) is 4.11. The number of hydrogen-bond acceptors (Lipinski definition) is 3. The van der Waals surface area contributed by atoms with Gasteiger partial charge < -0.3 is 0 Å². The molecule has 1 aromatic carbocycles. The Morgan fingerprint density at radius 1 is 1.33 bits per heavy atom. The fourth-order valence-corrected chi connectivity index (χ4v) is 1.83. The maximum absolute atomic E-state index is 13.1. The van der Waals surface area contributed by atoms with E-state index in [1.54, 1.807) is 17.9 Å². The molecule has 1 atom stereocenters. The van der Waals surface area contributed by atoms with Crippen LogP contribution in [0.5, 0.6) is 0 Å². The molecule has 1 heterocycles. The van der Waals surface area contributed by atoms with Crippen LogP contribution in [0, 0.1) is 11.6 Å². The van der Waals surface area contributed by atoms with Gasteiger partial charge in [-0.15, -0.1) is 0 Å². The van der Waals surface area contributed by atoms with E-state index >= 15 is 0 Å². The van der Waals surface area contributed by atoms with Gasteiger partial charge in [-0.3, -0.25) is 16.0 Å². The van der Waals surface area contributed by atoms with Crippen LogP contribution in [0.25, 0.3) is 0 Å². The van der Waals surface area contributed by atoms with E-state index in [0.29, 0.717) is 12.0 Å². The van der Waals surface area contributed by atoms with E-state index in [2.05, 4.69) is 10.5 Å². The molecule has 1 aromatic heterocycles. The number of aromatic nitrogens is 2. The normalized spacial score (nSPS) is 12.7. The van der Waals surface area contributed by atoms with Crippen LogP contribution in [-0.2, 0) is 13.5 Å². The molecule has 3 N–H and O–H groups in total. The minimum Gasteiger partial charge on any atom is -0.276 e. The van der Waals surface area contributed by atoms with Crippen LogP contribution in [-0.4, -0.2) is 9.78 Å². The fraction of sp³-hybridized carbons (Fsp3) is 0.250. The van der Waals surface area contributed by atoms with E-state index in [-0.39, 0.29) is 6.04 Å². The van der Waals surface area contributed by atoms with Crippen molar-refractivity contribution in [3.8, 4) is 0 Å². The fourth-order valence-electron chi connectivity index (χ4n) is 1.83. The zero-order valence-corrected chi connectivity index (χ0v) is 9.90. The quantitative estimate of drug-likeness (QED) is 0.639. The predicted octanol–water partition coefficient (Wildman–Crippen LogP) is 1.45. The Morgan fingerprint density at radius 3 is 2.50 bits per heavy atom. The summed E-state index contributed by atoms with van der Waals surface area (Å²) in [5.41, 5.74) is 3.80. The molecule has 2 rings (SSSR count). The summed E-state index contributed by atoms with van der Waals surface area (Å²) in [5.74, 6) is 4.19. The molecule has 0 aliphatic rings. The minimum absolute atomic E-state index is 0.384. The molecule has 0 aliphatic heterocycles. The Balaban J connectivity index is 2.22. The van der Waals surface area contributed by atoms with Crippen LogP contribution in [0.2, 0.25) is 0 Å². The third-order valence-electron chi connectivity index (χ3n) is 2.67. The van der Waals surface area contributed by atoms with Crippen molar-refractivity contribution in [2.24, 2.45) is 12.9 Å². The SMILES string of the molecule is Cn1ccc(CC(NN)c2cc(F)cc(F)c2)n1. The first-order chi connectivity index (χ1) is 8.58. The molecule has 0 radical (unpaired) electrons. The molecule has 2 aromatic rings. The Hall–Kier alpha value is -1.79. The van der Waals surface area contributed by atoms with Crippen LogP contribution < -0.4 is 11.3 Å². The van der Waals surface area contributed by atoms with Gasteiger partial charge >= 0.3 is 0 Å². The number of halogens is 2. The van der Waals surface area contributed by atoms with E-state index in [1.165, 1.54) is 12.1 Å². The van der Waals surface area contributed by atoms with Gasteiger partial charge in [-0.25, -0.2) is 8.78 Å². The number of hydrogen-bond donors (Lipinski definition) is 2. The highest BCUT2D eigenvalue weighted by molar-refractivity contribution is 5.23. The van der Waals surface area contributed by atoms with Crippen molar-refractivity contribution in [2.75, 3.05) is 0 Å². The number of nitrogens with zero attached hydrogens (tertiary/aromatic N) is 2. The molecule has 0 saturated carbocycles. The van der Waals surface area contributed by atoms with Crippen LogP contribution in [0.15, 0.2) is 30.5 Å². The van der Waals surface area contributed by atoms with Crippen molar-refractivity contribution in [2.45, 2.75) is 12.5 Å². The number of nitrogens with two attached hydrogens (primary N) is 1. The van der Waals surface area contributed by atoms with E-state index < -0.39 is 11.6 Å². The zero-order chi connectivity index (χ0) is 13.1. The number of benzene rings is 1. The van der Waals surface area contributed by atoms with Crippen molar-refractivity contribution < 1.29 is 8.78 Å². The Morgan fingerprint density at radius 2 is 2.00 bits per heavy atom. The third kappa shape index (κ3) is 2.91. The van der Waals surface area contributed by atoms with Gasteiger partial charge in [0.05, 0.1) is 11.7 Å². The first-order valence-electron chi connectivity index (χ1n) is 5.49. The molecule has 6 heteroatoms. The lowest BCUT2D eigenvalue weighted by Crippen LogP contribution is -2.30. The van der Waals surface area contributed by atoms with Crippen LogP contribution >= 0.6 is 0 Å². The van der Waals surface area contributed by atoms with Gasteiger partial charge in [0.1, 0.15) is 11.6 Å². The highest BCUT2D eigenvalue weighted by Gasteiger charge is 2.14. The molecule has 1 unspecified atom stereocenters. The number of hydrazine groups is 1. The first kappa shape index (κ1) is 12.7. The lowest BCUT2D eigenvalue weighted by molar-refractivity contribution is 0.523. The van der Waals surface area contributed by atoms with Gasteiger partial charge in [0.15, 0.2) is 0 Å². The van der Waals surface area contributed by atoms with Crippen LogP contribution in [0.1, 0.15) is 17.3 Å². The van der Waals surface area contributed by atoms with Crippen molar-refractivity contribution in [3.63, 3.8) is 0 Å². The molecule has 4 nitrogen and oxygen atoms in total. The number of nitrogens with one attached hydrogen (secondary N) is 1. The largest absolute Gasteiger partial charge is 0.276 e. The lowest BCUT2D eigenvalue weighted by atomic mass is 10.0. The average Bonchev–Trinajstić information content (AvgIpc) is 2.70. The Bertz CT molecular complexity index is 518. The molecule has 0 saturated heterocycles. The summed E-state index contributed by atoms with van der Waals surface area (Å²) in [6.07, 6.45) is 2.26. The second kappa shape index (κ2) is 5.24. The topological polar surface area (TPSA) is 55.9 Å². The summed E-state index contributed by atoms with van der Waals surface area (Å²) in [6, 6.07) is 4.80. The van der Waals surface area contributed by atoms with Gasteiger partial charge in [0.25, 0.3) is 0 Å². The minimum atomic E-state index is -0.619. The molecule has 18 heavy (non-hydrogen) atoms. The van der Waals surface area contributed by atoms with Crippen molar-refractivity contribution in [3.05, 3.63) is 53.4 Å². The van der Waals surface area contributed by atoms with Crippen LogP contribution in [0.3, 0.4) is 0 Å². The van der Waals surface area contributed by atoms with E-state index in [1.807, 2.05) is 6.07 Å². The maximum atomic E-state index is 13.1. The molecular formula is C12H14F2N4.